The second kappa shape index (κ2) is 8.38. The number of benzene rings is 2. The van der Waals surface area contributed by atoms with Gasteiger partial charge in [0.05, 0.1) is 0 Å². The summed E-state index contributed by atoms with van der Waals surface area (Å²) in [5.41, 5.74) is -0.0113. The van der Waals surface area contributed by atoms with Crippen molar-refractivity contribution in [2.24, 2.45) is 0 Å². The van der Waals surface area contributed by atoms with E-state index in [0.29, 0.717) is 11.4 Å². The van der Waals surface area contributed by atoms with E-state index in [1.807, 2.05) is 30.3 Å². The predicted octanol–water partition coefficient (Wildman–Crippen LogP) is 4.33. The summed E-state index contributed by atoms with van der Waals surface area (Å²) >= 11 is 0. The maximum atomic E-state index is 12.2. The number of para-hydroxylation sites is 1. The molecule has 0 aliphatic heterocycles. The van der Waals surface area contributed by atoms with Gasteiger partial charge in [-0.2, -0.15) is 0 Å². The van der Waals surface area contributed by atoms with Gasteiger partial charge in [0.15, 0.2) is 0 Å². The van der Waals surface area contributed by atoms with Crippen molar-refractivity contribution in [3.63, 3.8) is 0 Å². The van der Waals surface area contributed by atoms with E-state index in [2.05, 4.69) is 10.6 Å². The Labute approximate surface area is 153 Å². The summed E-state index contributed by atoms with van der Waals surface area (Å²) in [5, 5.41) is 5.24. The van der Waals surface area contributed by atoms with E-state index < -0.39 is 17.7 Å². The Morgan fingerprint density at radius 1 is 0.923 bits per heavy atom. The van der Waals surface area contributed by atoms with Gasteiger partial charge < -0.3 is 20.1 Å². The maximum Gasteiger partial charge on any atom is 0.408 e. The lowest BCUT2D eigenvalue weighted by molar-refractivity contribution is -0.117. The van der Waals surface area contributed by atoms with Crippen LogP contribution >= 0.6 is 0 Å². The monoisotopic (exact) mass is 356 g/mol. The zero-order valence-corrected chi connectivity index (χ0v) is 15.4. The van der Waals surface area contributed by atoms with Crippen LogP contribution in [0.5, 0.6) is 11.5 Å². The van der Waals surface area contributed by atoms with Gasteiger partial charge >= 0.3 is 6.09 Å². The van der Waals surface area contributed by atoms with Gasteiger partial charge in [-0.3, -0.25) is 4.79 Å². The van der Waals surface area contributed by atoms with Gasteiger partial charge in [-0.1, -0.05) is 18.2 Å². The van der Waals surface area contributed by atoms with E-state index in [1.54, 1.807) is 52.0 Å². The van der Waals surface area contributed by atoms with E-state index in [1.165, 1.54) is 0 Å². The van der Waals surface area contributed by atoms with E-state index in [4.69, 9.17) is 9.47 Å². The summed E-state index contributed by atoms with van der Waals surface area (Å²) < 4.78 is 10.8. The molecule has 2 aromatic rings. The molecule has 6 nitrogen and oxygen atoms in total. The minimum Gasteiger partial charge on any atom is -0.457 e. The van der Waals surface area contributed by atoms with E-state index in [-0.39, 0.29) is 5.91 Å². The summed E-state index contributed by atoms with van der Waals surface area (Å²) in [6.07, 6.45) is -0.633. The van der Waals surface area contributed by atoms with Crippen molar-refractivity contribution in [1.29, 1.82) is 0 Å². The Morgan fingerprint density at radius 3 is 2.08 bits per heavy atom. The third-order valence-corrected chi connectivity index (χ3v) is 3.23. The lowest BCUT2D eigenvalue weighted by atomic mass is 10.2. The summed E-state index contributed by atoms with van der Waals surface area (Å²) in [4.78, 5) is 23.9. The van der Waals surface area contributed by atoms with Crippen LogP contribution in [-0.2, 0) is 9.53 Å². The number of anilines is 1. The third-order valence-electron chi connectivity index (χ3n) is 3.23. The maximum absolute atomic E-state index is 12.2. The highest BCUT2D eigenvalue weighted by Crippen LogP contribution is 2.22. The molecule has 2 amide bonds. The molecular formula is C20H24N2O4. The number of amides is 2. The van der Waals surface area contributed by atoms with Crippen LogP contribution in [0.4, 0.5) is 10.5 Å². The first-order valence-corrected chi connectivity index (χ1v) is 8.36. The van der Waals surface area contributed by atoms with Gasteiger partial charge in [0, 0.05) is 5.69 Å². The predicted molar refractivity (Wildman–Crippen MR) is 100 cm³/mol. The molecule has 0 spiro atoms. The average Bonchev–Trinajstić information content (AvgIpc) is 2.55. The first kappa shape index (κ1) is 19.3. The number of carbonyl (C=O) groups excluding carboxylic acids is 2. The molecule has 0 fully saturated rings. The van der Waals surface area contributed by atoms with E-state index in [9.17, 15) is 9.59 Å². The molecule has 2 aromatic carbocycles. The summed E-state index contributed by atoms with van der Waals surface area (Å²) in [6.45, 7) is 6.87. The van der Waals surface area contributed by atoms with Gasteiger partial charge in [-0.05, 0) is 64.1 Å². The van der Waals surface area contributed by atoms with Crippen LogP contribution in [0.2, 0.25) is 0 Å². The van der Waals surface area contributed by atoms with Crippen LogP contribution in [-0.4, -0.2) is 23.6 Å². The summed E-state index contributed by atoms with van der Waals surface area (Å²) in [5.74, 6) is 1.06. The second-order valence-corrected chi connectivity index (χ2v) is 6.80. The fourth-order valence-corrected chi connectivity index (χ4v) is 2.03. The van der Waals surface area contributed by atoms with Crippen molar-refractivity contribution >= 4 is 17.7 Å². The summed E-state index contributed by atoms with van der Waals surface area (Å²) in [6, 6.07) is 15.7. The first-order valence-electron chi connectivity index (χ1n) is 8.36. The van der Waals surface area contributed by atoms with Crippen LogP contribution in [0, 0.1) is 0 Å². The Balaban J connectivity index is 1.87. The fraction of sp³-hybridized carbons (Fsp3) is 0.300. The lowest BCUT2D eigenvalue weighted by Gasteiger charge is -2.21. The fourth-order valence-electron chi connectivity index (χ4n) is 2.03. The van der Waals surface area contributed by atoms with Gasteiger partial charge in [0.1, 0.15) is 23.1 Å². The molecule has 0 saturated carbocycles. The normalized spacial score (nSPS) is 12.0. The zero-order chi connectivity index (χ0) is 19.2. The number of hydrogen-bond acceptors (Lipinski definition) is 4. The number of rotatable bonds is 5. The van der Waals surface area contributed by atoms with Gasteiger partial charge in [0.25, 0.3) is 0 Å². The molecule has 0 saturated heterocycles. The van der Waals surface area contributed by atoms with Crippen molar-refractivity contribution in [3.05, 3.63) is 54.6 Å². The minimum absolute atomic E-state index is 0.340. The largest absolute Gasteiger partial charge is 0.457 e. The molecular weight excluding hydrogens is 332 g/mol. The van der Waals surface area contributed by atoms with Crippen LogP contribution < -0.4 is 15.4 Å². The van der Waals surface area contributed by atoms with E-state index in [0.717, 1.165) is 5.75 Å². The summed E-state index contributed by atoms with van der Waals surface area (Å²) in [7, 11) is 0. The molecule has 0 aliphatic rings. The molecule has 0 aromatic heterocycles. The number of ether oxygens (including phenoxy) is 2. The Morgan fingerprint density at radius 2 is 1.50 bits per heavy atom. The first-order chi connectivity index (χ1) is 12.2. The smallest absolute Gasteiger partial charge is 0.408 e. The second-order valence-electron chi connectivity index (χ2n) is 6.80. The van der Waals surface area contributed by atoms with Crippen LogP contribution in [0.1, 0.15) is 27.7 Å². The molecule has 138 valence electrons. The quantitative estimate of drug-likeness (QED) is 0.836. The van der Waals surface area contributed by atoms with Crippen molar-refractivity contribution in [3.8, 4) is 11.5 Å². The highest BCUT2D eigenvalue weighted by Gasteiger charge is 2.21. The number of alkyl carbamates (subject to hydrolysis) is 1. The third kappa shape index (κ3) is 6.47. The van der Waals surface area contributed by atoms with E-state index >= 15 is 0 Å². The molecule has 0 bridgehead atoms. The Kier molecular flexibility index (Phi) is 6.22. The van der Waals surface area contributed by atoms with Gasteiger partial charge in [0.2, 0.25) is 5.91 Å². The molecule has 0 radical (unpaired) electrons. The molecule has 26 heavy (non-hydrogen) atoms. The lowest BCUT2D eigenvalue weighted by Crippen LogP contribution is -2.43. The molecule has 2 rings (SSSR count). The standard InChI is InChI=1S/C20H24N2O4/c1-14(21-19(24)26-20(2,3)4)18(23)22-15-10-12-17(13-11-15)25-16-8-6-5-7-9-16/h5-14H,1-4H3,(H,21,24)(H,22,23)/t14-/m0/s1. The minimum atomic E-state index is -0.731. The SMILES string of the molecule is C[C@H](NC(=O)OC(C)(C)C)C(=O)Nc1ccc(Oc2ccccc2)cc1. The van der Waals surface area contributed by atoms with Crippen molar-refractivity contribution in [2.75, 3.05) is 5.32 Å². The van der Waals surface area contributed by atoms with Crippen LogP contribution in [0.3, 0.4) is 0 Å². The average molecular weight is 356 g/mol. The number of carbonyl (C=O) groups is 2. The zero-order valence-electron chi connectivity index (χ0n) is 15.4. The number of nitrogens with one attached hydrogen (secondary N) is 2. The van der Waals surface area contributed by atoms with Crippen molar-refractivity contribution in [1.82, 2.24) is 5.32 Å². The van der Waals surface area contributed by atoms with Crippen molar-refractivity contribution in [2.45, 2.75) is 39.3 Å². The highest BCUT2D eigenvalue weighted by molar-refractivity contribution is 5.96. The van der Waals surface area contributed by atoms with Crippen LogP contribution in [0.25, 0.3) is 0 Å². The van der Waals surface area contributed by atoms with Crippen LogP contribution in [0.15, 0.2) is 54.6 Å². The molecule has 0 heterocycles. The highest BCUT2D eigenvalue weighted by atomic mass is 16.6. The number of hydrogen-bond donors (Lipinski definition) is 2. The molecule has 6 heteroatoms. The van der Waals surface area contributed by atoms with Gasteiger partial charge in [-0.25, -0.2) is 4.79 Å². The molecule has 0 unspecified atom stereocenters. The molecule has 2 N–H and O–H groups in total. The van der Waals surface area contributed by atoms with Crippen molar-refractivity contribution < 1.29 is 19.1 Å². The topological polar surface area (TPSA) is 76.7 Å². The Hall–Kier alpha value is -3.02. The Bertz CT molecular complexity index is 737. The molecule has 0 aliphatic carbocycles. The molecule has 1 atom stereocenters. The van der Waals surface area contributed by atoms with Gasteiger partial charge in [-0.15, -0.1) is 0 Å².